The summed E-state index contributed by atoms with van der Waals surface area (Å²) in [5.41, 5.74) is 35.2. The lowest BCUT2D eigenvalue weighted by Crippen LogP contribution is -2.26. The quantitative estimate of drug-likeness (QED) is 0.0796. The largest absolute Gasteiger partial charge is 0.310 e. The van der Waals surface area contributed by atoms with E-state index in [1.165, 1.54) is 202 Å². The molecule has 0 radical (unpaired) electrons. The van der Waals surface area contributed by atoms with Gasteiger partial charge in [-0.2, -0.15) is 0 Å². The van der Waals surface area contributed by atoms with Crippen molar-refractivity contribution >= 4 is 44.9 Å². The van der Waals surface area contributed by atoms with Crippen LogP contribution in [0.25, 0.3) is 66.4 Å². The highest BCUT2D eigenvalue weighted by Crippen LogP contribution is 2.65. The molecule has 0 aliphatic heterocycles. The molecule has 0 bridgehead atoms. The predicted molar refractivity (Wildman–Crippen MR) is 400 cm³/mol. The van der Waals surface area contributed by atoms with Crippen LogP contribution in [0.5, 0.6) is 0 Å². The fourth-order valence-corrected chi connectivity index (χ4v) is 18.1. The van der Waals surface area contributed by atoms with Crippen LogP contribution in [0.15, 0.2) is 249 Å². The molecule has 0 unspecified atom stereocenters. The highest BCUT2D eigenvalue weighted by atomic mass is 15.2. The van der Waals surface area contributed by atoms with E-state index in [1.807, 2.05) is 0 Å². The molecule has 0 heterocycles. The third-order valence-electron chi connectivity index (χ3n) is 22.5. The second kappa shape index (κ2) is 23.8. The number of hydrogen-bond acceptors (Lipinski definition) is 2. The normalized spacial score (nSPS) is 14.2. The summed E-state index contributed by atoms with van der Waals surface area (Å²) in [5, 5.41) is 2.45. The third-order valence-corrected chi connectivity index (χ3v) is 22.5. The Morgan fingerprint density at radius 1 is 0.277 bits per heavy atom. The van der Waals surface area contributed by atoms with Crippen LogP contribution in [0.2, 0.25) is 0 Å². The molecule has 0 amide bonds. The van der Waals surface area contributed by atoms with Gasteiger partial charge in [-0.05, 0) is 224 Å². The van der Waals surface area contributed by atoms with E-state index in [4.69, 9.17) is 0 Å². The van der Waals surface area contributed by atoms with Crippen molar-refractivity contribution in [3.63, 3.8) is 0 Å². The van der Waals surface area contributed by atoms with Gasteiger partial charge in [-0.15, -0.1) is 0 Å². The van der Waals surface area contributed by atoms with E-state index < -0.39 is 5.41 Å². The van der Waals surface area contributed by atoms with Gasteiger partial charge in [0.2, 0.25) is 0 Å². The Morgan fingerprint density at radius 2 is 0.670 bits per heavy atom. The number of fused-ring (bicyclic) bond motifs is 17. The molecule has 4 aliphatic rings. The first-order chi connectivity index (χ1) is 46.1. The van der Waals surface area contributed by atoms with Crippen molar-refractivity contribution in [3.05, 3.63) is 310 Å². The molecule has 16 rings (SSSR count). The minimum Gasteiger partial charge on any atom is -0.310 e. The van der Waals surface area contributed by atoms with Gasteiger partial charge in [0.25, 0.3) is 0 Å². The summed E-state index contributed by atoms with van der Waals surface area (Å²) in [4.78, 5) is 5.15. The van der Waals surface area contributed by atoms with Crippen LogP contribution in [0.4, 0.5) is 34.1 Å². The van der Waals surface area contributed by atoms with E-state index in [0.717, 1.165) is 37.1 Å². The zero-order valence-corrected chi connectivity index (χ0v) is 56.1. The molecule has 2 nitrogen and oxygen atoms in total. The minimum absolute atomic E-state index is 0.0469. The van der Waals surface area contributed by atoms with Gasteiger partial charge in [0.1, 0.15) is 0 Å². The molecule has 0 aromatic heterocycles. The molecule has 1 spiro atoms. The van der Waals surface area contributed by atoms with Gasteiger partial charge < -0.3 is 9.80 Å². The fraction of sp³-hybridized carbons (Fsp3) is 0.239. The van der Waals surface area contributed by atoms with Gasteiger partial charge in [0.05, 0.1) is 11.1 Å². The molecule has 0 saturated carbocycles. The van der Waals surface area contributed by atoms with Crippen LogP contribution in [-0.2, 0) is 16.2 Å². The summed E-state index contributed by atoms with van der Waals surface area (Å²) in [6, 6.07) is 96.8. The van der Waals surface area contributed by atoms with Crippen molar-refractivity contribution < 1.29 is 0 Å². The van der Waals surface area contributed by atoms with Crippen LogP contribution in [0.3, 0.4) is 0 Å². The van der Waals surface area contributed by atoms with Gasteiger partial charge in [-0.1, -0.05) is 272 Å². The molecule has 12 aromatic carbocycles. The molecular formula is C92H86N2. The van der Waals surface area contributed by atoms with Gasteiger partial charge in [-0.25, -0.2) is 0 Å². The van der Waals surface area contributed by atoms with E-state index in [2.05, 4.69) is 307 Å². The molecule has 0 saturated heterocycles. The van der Waals surface area contributed by atoms with E-state index in [9.17, 15) is 0 Å². The second-order valence-corrected chi connectivity index (χ2v) is 28.0. The number of benzene rings is 12. The van der Waals surface area contributed by atoms with Crippen molar-refractivity contribution in [1.82, 2.24) is 0 Å². The average molecular weight is 1220 g/mol. The molecule has 12 aromatic rings. The lowest BCUT2D eigenvalue weighted by molar-refractivity contribution is 0.414. The lowest BCUT2D eigenvalue weighted by atomic mass is 9.70. The summed E-state index contributed by atoms with van der Waals surface area (Å²) in [5.74, 6) is 0. The predicted octanol–water partition coefficient (Wildman–Crippen LogP) is 26.0. The Bertz CT molecular complexity index is 4730. The molecule has 0 N–H and O–H groups in total. The summed E-state index contributed by atoms with van der Waals surface area (Å²) in [6.45, 7) is 16.4. The Labute approximate surface area is 558 Å². The van der Waals surface area contributed by atoms with Gasteiger partial charge in [-0.3, -0.25) is 0 Å². The highest BCUT2D eigenvalue weighted by molar-refractivity contribution is 6.02. The molecule has 0 fully saturated rings. The van der Waals surface area contributed by atoms with E-state index in [-0.39, 0.29) is 10.8 Å². The minimum atomic E-state index is -0.452. The van der Waals surface area contributed by atoms with Crippen molar-refractivity contribution in [3.8, 4) is 55.6 Å². The monoisotopic (exact) mass is 1220 g/mol. The van der Waals surface area contributed by atoms with Crippen LogP contribution in [0.1, 0.15) is 166 Å². The Hall–Kier alpha value is -9.50. The van der Waals surface area contributed by atoms with Crippen molar-refractivity contribution in [2.75, 3.05) is 9.80 Å². The molecule has 4 aliphatic carbocycles. The Kier molecular flexibility index (Phi) is 15.1. The van der Waals surface area contributed by atoms with Crippen molar-refractivity contribution in [1.29, 1.82) is 0 Å². The summed E-state index contributed by atoms with van der Waals surface area (Å²) < 4.78 is 0. The molecule has 464 valence electrons. The van der Waals surface area contributed by atoms with Crippen molar-refractivity contribution in [2.45, 2.75) is 142 Å². The zero-order valence-electron chi connectivity index (χ0n) is 56.1. The van der Waals surface area contributed by atoms with Gasteiger partial charge >= 0.3 is 0 Å². The number of unbranched alkanes of at least 4 members (excludes halogenated alkanes) is 4. The highest BCUT2D eigenvalue weighted by Gasteiger charge is 2.53. The first kappa shape index (κ1) is 59.5. The van der Waals surface area contributed by atoms with Crippen LogP contribution in [-0.4, -0.2) is 0 Å². The fourth-order valence-electron chi connectivity index (χ4n) is 18.1. The van der Waals surface area contributed by atoms with Crippen molar-refractivity contribution in [2.24, 2.45) is 0 Å². The second-order valence-electron chi connectivity index (χ2n) is 28.0. The Balaban J connectivity index is 0.840. The number of hydrogen-bond donors (Lipinski definition) is 0. The lowest BCUT2D eigenvalue weighted by Gasteiger charge is -2.35. The number of anilines is 6. The summed E-state index contributed by atoms with van der Waals surface area (Å²) >= 11 is 0. The molecule has 94 heavy (non-hydrogen) atoms. The molecule has 2 heteroatoms. The summed E-state index contributed by atoms with van der Waals surface area (Å²) in [7, 11) is 0. The first-order valence-electron chi connectivity index (χ1n) is 35.4. The standard InChI is InChI=1S/C92H86N2/c1-8-12-51-90(52-13-9-2)84-55-61(5)35-46-75(84)77-49-44-70(59-86(77)90)93(71-45-50-78-76-47-36-62(6)56-85(76)91(53-14-10-3,54-15-11-4)87(78)60-71)68-43-48-72(63(7)57-68)65-38-40-67(41-39-65)94(69-42-37-64-25-16-17-26-66(64)58-69)88-34-24-33-83-89(88)79-29-20-23-32-82(79)92(83)80-30-21-18-27-73(80)74-28-19-22-31-81(74)92/h16-50,55-60H,8-15,51-54H2,1-7H3. The molecule has 0 atom stereocenters. The van der Waals surface area contributed by atoms with E-state index in [0.29, 0.717) is 0 Å². The molecular weight excluding hydrogens is 1130 g/mol. The SMILES string of the molecule is CCCCC1(CCCC)c2cc(C)ccc2-c2ccc(N(c3ccc(-c4ccc(N(c5ccc6ccccc6c5)c5cccc6c5-c5ccccc5C65c6ccccc6-c6ccccc65)cc4)c(C)c3)c3ccc4c(c3)C(CCCC)(CCCC)c3cc(C)ccc3-4)cc21. The first-order valence-corrected chi connectivity index (χ1v) is 35.4. The van der Waals surface area contributed by atoms with Crippen LogP contribution >= 0.6 is 0 Å². The maximum absolute atomic E-state index is 2.64. The maximum atomic E-state index is 2.64. The Morgan fingerprint density at radius 3 is 1.19 bits per heavy atom. The number of rotatable bonds is 19. The average Bonchev–Trinajstić information content (AvgIpc) is 1.51. The number of aryl methyl sites for hydroxylation is 3. The summed E-state index contributed by atoms with van der Waals surface area (Å²) in [6.07, 6.45) is 14.1. The van der Waals surface area contributed by atoms with Crippen LogP contribution < -0.4 is 9.80 Å². The smallest absolute Gasteiger partial charge is 0.0726 e. The van der Waals surface area contributed by atoms with Crippen LogP contribution in [0, 0.1) is 20.8 Å². The van der Waals surface area contributed by atoms with Gasteiger partial charge in [0.15, 0.2) is 0 Å². The maximum Gasteiger partial charge on any atom is 0.0726 e. The van der Waals surface area contributed by atoms with E-state index in [1.54, 1.807) is 0 Å². The number of nitrogens with zero attached hydrogens (tertiary/aromatic N) is 2. The van der Waals surface area contributed by atoms with E-state index >= 15 is 0 Å². The zero-order chi connectivity index (χ0) is 63.9. The van der Waals surface area contributed by atoms with Gasteiger partial charge in [0, 0.05) is 44.8 Å². The topological polar surface area (TPSA) is 6.48 Å². The third kappa shape index (κ3) is 9.17.